The Kier molecular flexibility index (Phi) is 4.15. The second-order valence-electron chi connectivity index (χ2n) is 5.04. The van der Waals surface area contributed by atoms with Gasteiger partial charge in [0.05, 0.1) is 5.71 Å². The van der Waals surface area contributed by atoms with E-state index in [1.807, 2.05) is 36.0 Å². The van der Waals surface area contributed by atoms with Crippen molar-refractivity contribution in [3.05, 3.63) is 59.7 Å². The molecule has 0 spiro atoms. The van der Waals surface area contributed by atoms with Crippen LogP contribution in [0.25, 0.3) is 0 Å². The van der Waals surface area contributed by atoms with Crippen LogP contribution in [0, 0.1) is 0 Å². The van der Waals surface area contributed by atoms with Gasteiger partial charge >= 0.3 is 0 Å². The van der Waals surface area contributed by atoms with Crippen molar-refractivity contribution in [2.24, 2.45) is 5.16 Å². The number of para-hydroxylation sites is 1. The number of hydrogen-bond donors (Lipinski definition) is 1. The van der Waals surface area contributed by atoms with Crippen LogP contribution in [0.4, 0.5) is 0 Å². The third-order valence-corrected chi connectivity index (χ3v) is 4.85. The first-order valence-electron chi connectivity index (χ1n) is 6.93. The number of rotatable bonds is 4. The zero-order chi connectivity index (χ0) is 14.7. The van der Waals surface area contributed by atoms with E-state index in [1.54, 1.807) is 6.92 Å². The lowest BCUT2D eigenvalue weighted by Gasteiger charge is -2.13. The van der Waals surface area contributed by atoms with Crippen LogP contribution >= 0.6 is 11.8 Å². The minimum absolute atomic E-state index is 0.432. The van der Waals surface area contributed by atoms with Crippen molar-refractivity contribution in [1.29, 1.82) is 0 Å². The summed E-state index contributed by atoms with van der Waals surface area (Å²) in [6.07, 6.45) is 1.04. The molecule has 4 heteroatoms. The summed E-state index contributed by atoms with van der Waals surface area (Å²) in [7, 11) is 0. The van der Waals surface area contributed by atoms with Gasteiger partial charge in [0.15, 0.2) is 0 Å². The molecule has 0 aromatic heterocycles. The maximum Gasteiger partial charge on any atom is 0.128 e. The van der Waals surface area contributed by atoms with E-state index in [9.17, 15) is 0 Å². The summed E-state index contributed by atoms with van der Waals surface area (Å²) in [5.41, 5.74) is 2.80. The number of fused-ring (bicyclic) bond motifs is 1. The molecule has 1 N–H and O–H groups in total. The molecule has 1 aliphatic rings. The highest BCUT2D eigenvalue weighted by Crippen LogP contribution is 2.37. The van der Waals surface area contributed by atoms with Crippen molar-refractivity contribution >= 4 is 17.5 Å². The Hall–Kier alpha value is -1.94. The van der Waals surface area contributed by atoms with Crippen LogP contribution in [0.15, 0.2) is 58.6 Å². The van der Waals surface area contributed by atoms with Crippen molar-refractivity contribution < 1.29 is 9.94 Å². The molecule has 0 radical (unpaired) electrons. The van der Waals surface area contributed by atoms with E-state index in [0.717, 1.165) is 17.7 Å². The first-order chi connectivity index (χ1) is 10.3. The third-order valence-electron chi connectivity index (χ3n) is 3.57. The Labute approximate surface area is 128 Å². The SMILES string of the molecule is CC(=NO)c1ccccc1OCC1Cc2ccccc2S1. The molecular formula is C17H17NO2S. The normalized spacial score (nSPS) is 17.6. The average Bonchev–Trinajstić information content (AvgIpc) is 2.95. The number of nitrogens with zero attached hydrogens (tertiary/aromatic N) is 1. The molecule has 108 valence electrons. The summed E-state index contributed by atoms with van der Waals surface area (Å²) in [4.78, 5) is 1.35. The lowest BCUT2D eigenvalue weighted by atomic mass is 10.1. The van der Waals surface area contributed by atoms with Crippen LogP contribution in [0.5, 0.6) is 5.75 Å². The second kappa shape index (κ2) is 6.22. The van der Waals surface area contributed by atoms with Gasteiger partial charge in [-0.2, -0.15) is 0 Å². The van der Waals surface area contributed by atoms with Gasteiger partial charge in [0.25, 0.3) is 0 Å². The molecule has 2 aromatic rings. The largest absolute Gasteiger partial charge is 0.492 e. The number of oxime groups is 1. The van der Waals surface area contributed by atoms with E-state index >= 15 is 0 Å². The Bertz CT molecular complexity index is 644. The molecule has 0 amide bonds. The fourth-order valence-corrected chi connectivity index (χ4v) is 3.69. The summed E-state index contributed by atoms with van der Waals surface area (Å²) in [6.45, 7) is 2.41. The van der Waals surface area contributed by atoms with E-state index in [0.29, 0.717) is 17.6 Å². The van der Waals surface area contributed by atoms with Crippen molar-refractivity contribution in [1.82, 2.24) is 0 Å². The van der Waals surface area contributed by atoms with E-state index in [1.165, 1.54) is 10.5 Å². The first-order valence-corrected chi connectivity index (χ1v) is 7.81. The van der Waals surface area contributed by atoms with Crippen LogP contribution in [0.1, 0.15) is 18.1 Å². The molecule has 1 heterocycles. The van der Waals surface area contributed by atoms with E-state index in [4.69, 9.17) is 9.94 Å². The zero-order valence-corrected chi connectivity index (χ0v) is 12.6. The number of benzene rings is 2. The predicted molar refractivity (Wildman–Crippen MR) is 85.7 cm³/mol. The summed E-state index contributed by atoms with van der Waals surface area (Å²) in [5.74, 6) is 0.768. The number of thioether (sulfide) groups is 1. The third kappa shape index (κ3) is 3.05. The van der Waals surface area contributed by atoms with Crippen molar-refractivity contribution in [2.75, 3.05) is 6.61 Å². The standard InChI is InChI=1S/C17H17NO2S/c1-12(18-19)15-7-3-4-8-16(15)20-11-14-10-13-6-2-5-9-17(13)21-14/h2-9,14,19H,10-11H2,1H3. The monoisotopic (exact) mass is 299 g/mol. The molecule has 1 unspecified atom stereocenters. The molecule has 0 saturated heterocycles. The van der Waals surface area contributed by atoms with Gasteiger partial charge in [-0.05, 0) is 37.1 Å². The lowest BCUT2D eigenvalue weighted by Crippen LogP contribution is -2.14. The fraction of sp³-hybridized carbons (Fsp3) is 0.235. The zero-order valence-electron chi connectivity index (χ0n) is 11.8. The molecule has 0 fully saturated rings. The van der Waals surface area contributed by atoms with Crippen LogP contribution in [0.2, 0.25) is 0 Å². The van der Waals surface area contributed by atoms with Crippen LogP contribution in [0.3, 0.4) is 0 Å². The minimum atomic E-state index is 0.432. The molecular weight excluding hydrogens is 282 g/mol. The molecule has 0 aliphatic carbocycles. The van der Waals surface area contributed by atoms with Gasteiger partial charge in [-0.15, -0.1) is 11.8 Å². The van der Waals surface area contributed by atoms with E-state index in [2.05, 4.69) is 29.4 Å². The summed E-state index contributed by atoms with van der Waals surface area (Å²) < 4.78 is 5.96. The number of ether oxygens (including phenoxy) is 1. The second-order valence-corrected chi connectivity index (χ2v) is 6.39. The smallest absolute Gasteiger partial charge is 0.128 e. The van der Waals surface area contributed by atoms with Gasteiger partial charge < -0.3 is 9.94 Å². The van der Waals surface area contributed by atoms with Gasteiger partial charge in [0, 0.05) is 15.7 Å². The van der Waals surface area contributed by atoms with Crippen molar-refractivity contribution in [2.45, 2.75) is 23.5 Å². The lowest BCUT2D eigenvalue weighted by molar-refractivity contribution is 0.312. The Morgan fingerprint density at radius 3 is 2.81 bits per heavy atom. The van der Waals surface area contributed by atoms with Crippen LogP contribution in [-0.2, 0) is 6.42 Å². The highest BCUT2D eigenvalue weighted by molar-refractivity contribution is 8.00. The molecule has 3 nitrogen and oxygen atoms in total. The molecule has 2 aromatic carbocycles. The maximum absolute atomic E-state index is 8.94. The van der Waals surface area contributed by atoms with Gasteiger partial charge in [-0.3, -0.25) is 0 Å². The topological polar surface area (TPSA) is 41.8 Å². The van der Waals surface area contributed by atoms with Gasteiger partial charge in [0.2, 0.25) is 0 Å². The number of hydrogen-bond acceptors (Lipinski definition) is 4. The van der Waals surface area contributed by atoms with E-state index in [-0.39, 0.29) is 0 Å². The van der Waals surface area contributed by atoms with Gasteiger partial charge in [0.1, 0.15) is 12.4 Å². The molecule has 1 atom stereocenters. The molecule has 21 heavy (non-hydrogen) atoms. The van der Waals surface area contributed by atoms with Crippen LogP contribution < -0.4 is 4.74 Å². The first kappa shape index (κ1) is 14.0. The van der Waals surface area contributed by atoms with Crippen molar-refractivity contribution in [3.8, 4) is 5.75 Å². The average molecular weight is 299 g/mol. The highest BCUT2D eigenvalue weighted by Gasteiger charge is 2.22. The van der Waals surface area contributed by atoms with Crippen LogP contribution in [-0.4, -0.2) is 22.8 Å². The maximum atomic E-state index is 8.94. The molecule has 3 rings (SSSR count). The molecule has 1 aliphatic heterocycles. The molecule has 0 bridgehead atoms. The minimum Gasteiger partial charge on any atom is -0.492 e. The van der Waals surface area contributed by atoms with Crippen molar-refractivity contribution in [3.63, 3.8) is 0 Å². The fourth-order valence-electron chi connectivity index (χ4n) is 2.47. The summed E-state index contributed by atoms with van der Waals surface area (Å²) in [6, 6.07) is 16.2. The summed E-state index contributed by atoms with van der Waals surface area (Å²) in [5, 5.41) is 12.6. The Balaban J connectivity index is 1.67. The predicted octanol–water partition coefficient (Wildman–Crippen LogP) is 3.98. The quantitative estimate of drug-likeness (QED) is 0.527. The Morgan fingerprint density at radius 1 is 1.24 bits per heavy atom. The van der Waals surface area contributed by atoms with Gasteiger partial charge in [-0.25, -0.2) is 0 Å². The molecule has 0 saturated carbocycles. The van der Waals surface area contributed by atoms with Gasteiger partial charge in [-0.1, -0.05) is 35.5 Å². The highest BCUT2D eigenvalue weighted by atomic mass is 32.2. The Morgan fingerprint density at radius 2 is 2.00 bits per heavy atom. The van der Waals surface area contributed by atoms with E-state index < -0.39 is 0 Å². The summed E-state index contributed by atoms with van der Waals surface area (Å²) >= 11 is 1.87.